The molecule has 0 radical (unpaired) electrons. The fraction of sp³-hybridized carbons (Fsp3) is 0.250. The number of nitrogens with zero attached hydrogens (tertiary/aromatic N) is 5. The topological polar surface area (TPSA) is 114 Å². The van der Waals surface area contributed by atoms with Gasteiger partial charge in [-0.3, -0.25) is 4.79 Å². The van der Waals surface area contributed by atoms with E-state index in [4.69, 9.17) is 5.84 Å². The zero-order valence-electron chi connectivity index (χ0n) is 22.1. The number of carbonyl (C=O) groups is 1. The summed E-state index contributed by atoms with van der Waals surface area (Å²) < 4.78 is 28.6. The van der Waals surface area contributed by atoms with Crippen molar-refractivity contribution >= 4 is 27.7 Å². The smallest absolute Gasteiger partial charge is 0.243 e. The van der Waals surface area contributed by atoms with Crippen LogP contribution in [0.4, 0.5) is 0 Å². The molecule has 4 aromatic rings. The molecule has 2 N–H and O–H groups in total. The van der Waals surface area contributed by atoms with E-state index in [1.807, 2.05) is 60.7 Å². The molecular weight excluding hydrogens is 532 g/mol. The first kappa shape index (κ1) is 28.3. The third-order valence-corrected chi connectivity index (χ3v) is 9.41. The van der Waals surface area contributed by atoms with Crippen molar-refractivity contribution in [2.24, 2.45) is 0 Å². The Morgan fingerprint density at radius 1 is 0.923 bits per heavy atom. The molecule has 3 aromatic carbocycles. The van der Waals surface area contributed by atoms with Crippen LogP contribution in [0.3, 0.4) is 0 Å². The highest BCUT2D eigenvalue weighted by atomic mass is 32.2. The number of benzene rings is 3. The summed E-state index contributed by atoms with van der Waals surface area (Å²) in [5.74, 6) is 6.60. The van der Waals surface area contributed by atoms with Gasteiger partial charge in [0.1, 0.15) is 0 Å². The molecule has 0 saturated carbocycles. The number of carbonyl (C=O) groups excluding carboxylic acids is 1. The lowest BCUT2D eigenvalue weighted by Crippen LogP contribution is -2.33. The standard InChI is InChI=1S/C28H32N6O3S2/c1-4-33(5-2)39(36,37)24-18-12-17-23(19-24)27-30-31-28(34(27)29)38-20-25(35)32(3)26(21-13-8-6-9-14-21)22-15-10-7-11-16-22/h6-19,26H,4-5,20,29H2,1-3H3. The van der Waals surface area contributed by atoms with Crippen LogP contribution in [0.15, 0.2) is 95.0 Å². The summed E-state index contributed by atoms with van der Waals surface area (Å²) in [6.45, 7) is 4.33. The molecule has 0 fully saturated rings. The minimum atomic E-state index is -3.64. The summed E-state index contributed by atoms with van der Waals surface area (Å²) in [5, 5.41) is 8.69. The van der Waals surface area contributed by atoms with E-state index in [9.17, 15) is 13.2 Å². The van der Waals surface area contributed by atoms with Crippen LogP contribution in [0, 0.1) is 0 Å². The van der Waals surface area contributed by atoms with E-state index in [-0.39, 0.29) is 22.6 Å². The Kier molecular flexibility index (Phi) is 9.05. The maximum absolute atomic E-state index is 13.3. The molecule has 0 saturated heterocycles. The van der Waals surface area contributed by atoms with Gasteiger partial charge < -0.3 is 10.7 Å². The Morgan fingerprint density at radius 3 is 2.08 bits per heavy atom. The molecule has 0 aliphatic rings. The van der Waals surface area contributed by atoms with Crippen molar-refractivity contribution in [3.05, 3.63) is 96.1 Å². The maximum atomic E-state index is 13.3. The molecule has 1 amide bonds. The molecule has 0 spiro atoms. The van der Waals surface area contributed by atoms with Crippen LogP contribution in [0.5, 0.6) is 0 Å². The third-order valence-electron chi connectivity index (χ3n) is 6.44. The van der Waals surface area contributed by atoms with E-state index in [0.717, 1.165) is 11.1 Å². The SMILES string of the molecule is CCN(CC)S(=O)(=O)c1cccc(-c2nnc(SCC(=O)N(C)C(c3ccccc3)c3ccccc3)n2N)c1. The van der Waals surface area contributed by atoms with E-state index < -0.39 is 10.0 Å². The van der Waals surface area contributed by atoms with Gasteiger partial charge in [0, 0.05) is 25.7 Å². The fourth-order valence-corrected chi connectivity index (χ4v) is 6.65. The lowest BCUT2D eigenvalue weighted by Gasteiger charge is -2.29. The Morgan fingerprint density at radius 2 is 1.51 bits per heavy atom. The van der Waals surface area contributed by atoms with Gasteiger partial charge in [0.2, 0.25) is 21.1 Å². The van der Waals surface area contributed by atoms with Crippen molar-refractivity contribution in [3.63, 3.8) is 0 Å². The highest BCUT2D eigenvalue weighted by molar-refractivity contribution is 7.99. The second-order valence-electron chi connectivity index (χ2n) is 8.81. The predicted octanol–water partition coefficient (Wildman–Crippen LogP) is 4.03. The molecule has 1 heterocycles. The summed E-state index contributed by atoms with van der Waals surface area (Å²) in [7, 11) is -1.86. The molecule has 0 aliphatic heterocycles. The number of nitrogen functional groups attached to an aromatic ring is 1. The molecule has 204 valence electrons. The van der Waals surface area contributed by atoms with Crippen molar-refractivity contribution in [1.82, 2.24) is 24.1 Å². The maximum Gasteiger partial charge on any atom is 0.243 e. The molecule has 39 heavy (non-hydrogen) atoms. The number of hydrogen-bond acceptors (Lipinski definition) is 7. The lowest BCUT2D eigenvalue weighted by atomic mass is 9.97. The third kappa shape index (κ3) is 6.16. The second kappa shape index (κ2) is 12.5. The fourth-order valence-electron chi connectivity index (χ4n) is 4.36. The molecule has 4 rings (SSSR count). The van der Waals surface area contributed by atoms with Crippen molar-refractivity contribution in [2.75, 3.05) is 31.7 Å². The molecule has 1 aromatic heterocycles. The zero-order chi connectivity index (χ0) is 28.0. The quantitative estimate of drug-likeness (QED) is 0.216. The van der Waals surface area contributed by atoms with Crippen molar-refractivity contribution in [3.8, 4) is 11.4 Å². The number of amides is 1. The second-order valence-corrected chi connectivity index (χ2v) is 11.7. The Labute approximate surface area is 233 Å². The first-order valence-corrected chi connectivity index (χ1v) is 15.0. The number of aromatic nitrogens is 3. The lowest BCUT2D eigenvalue weighted by molar-refractivity contribution is -0.128. The molecule has 9 nitrogen and oxygen atoms in total. The molecular formula is C28H32N6O3S2. The Balaban J connectivity index is 1.52. The highest BCUT2D eigenvalue weighted by Gasteiger charge is 2.25. The average Bonchev–Trinajstić information content (AvgIpc) is 3.33. The average molecular weight is 565 g/mol. The number of nitrogens with two attached hydrogens (primary N) is 1. The van der Waals surface area contributed by atoms with Gasteiger partial charge >= 0.3 is 0 Å². The van der Waals surface area contributed by atoms with Crippen molar-refractivity contribution in [1.29, 1.82) is 0 Å². The Bertz CT molecular complexity index is 1470. The highest BCUT2D eigenvalue weighted by Crippen LogP contribution is 2.29. The number of sulfonamides is 1. The molecule has 0 unspecified atom stereocenters. The van der Waals surface area contributed by atoms with Gasteiger partial charge in [0.15, 0.2) is 5.82 Å². The normalized spacial score (nSPS) is 11.7. The minimum absolute atomic E-state index is 0.0956. The van der Waals surface area contributed by atoms with Gasteiger partial charge in [-0.2, -0.15) is 4.31 Å². The van der Waals surface area contributed by atoms with Gasteiger partial charge in [-0.05, 0) is 23.3 Å². The van der Waals surface area contributed by atoms with Crippen LogP contribution in [0.2, 0.25) is 0 Å². The summed E-state index contributed by atoms with van der Waals surface area (Å²) in [5.41, 5.74) is 2.53. The van der Waals surface area contributed by atoms with Crippen LogP contribution >= 0.6 is 11.8 Å². The van der Waals surface area contributed by atoms with Gasteiger partial charge in [0.25, 0.3) is 0 Å². The van der Waals surface area contributed by atoms with E-state index in [1.54, 1.807) is 50.1 Å². The minimum Gasteiger partial charge on any atom is -0.335 e. The van der Waals surface area contributed by atoms with Crippen molar-refractivity contribution < 1.29 is 13.2 Å². The van der Waals surface area contributed by atoms with Crippen LogP contribution in [0.25, 0.3) is 11.4 Å². The van der Waals surface area contributed by atoms with Crippen LogP contribution in [-0.2, 0) is 14.8 Å². The number of thioether (sulfide) groups is 1. The largest absolute Gasteiger partial charge is 0.335 e. The van der Waals surface area contributed by atoms with E-state index in [2.05, 4.69) is 10.2 Å². The predicted molar refractivity (Wildman–Crippen MR) is 154 cm³/mol. The molecule has 0 aliphatic carbocycles. The first-order chi connectivity index (χ1) is 18.8. The van der Waals surface area contributed by atoms with E-state index in [1.165, 1.54) is 20.7 Å². The van der Waals surface area contributed by atoms with E-state index in [0.29, 0.717) is 29.6 Å². The number of hydrogen-bond donors (Lipinski definition) is 1. The van der Waals surface area contributed by atoms with E-state index >= 15 is 0 Å². The van der Waals surface area contributed by atoms with Crippen molar-refractivity contribution in [2.45, 2.75) is 29.9 Å². The van der Waals surface area contributed by atoms with Gasteiger partial charge in [-0.1, -0.05) is 98.4 Å². The molecule has 0 atom stereocenters. The summed E-state index contributed by atoms with van der Waals surface area (Å²) in [6.07, 6.45) is 0. The molecule has 11 heteroatoms. The van der Waals surface area contributed by atoms with Crippen LogP contribution < -0.4 is 5.84 Å². The van der Waals surface area contributed by atoms with Gasteiger partial charge in [-0.25, -0.2) is 13.1 Å². The summed E-state index contributed by atoms with van der Waals surface area (Å²) >= 11 is 1.18. The number of rotatable bonds is 11. The first-order valence-electron chi connectivity index (χ1n) is 12.6. The zero-order valence-corrected chi connectivity index (χ0v) is 23.8. The van der Waals surface area contributed by atoms with Crippen LogP contribution in [-0.4, -0.2) is 64.3 Å². The Hall–Kier alpha value is -3.67. The summed E-state index contributed by atoms with van der Waals surface area (Å²) in [6, 6.07) is 26.0. The van der Waals surface area contributed by atoms with Gasteiger partial charge in [-0.15, -0.1) is 10.2 Å². The summed E-state index contributed by atoms with van der Waals surface area (Å²) in [4.78, 5) is 15.2. The monoisotopic (exact) mass is 564 g/mol. The van der Waals surface area contributed by atoms with Crippen LogP contribution in [0.1, 0.15) is 31.0 Å². The molecule has 0 bridgehead atoms. The van der Waals surface area contributed by atoms with Gasteiger partial charge in [0.05, 0.1) is 16.7 Å².